The van der Waals surface area contributed by atoms with Gasteiger partial charge in [-0.05, 0) is 106 Å². The molecule has 2 aromatic heterocycles. The zero-order chi connectivity index (χ0) is 33.4. The van der Waals surface area contributed by atoms with E-state index in [0.717, 1.165) is 11.4 Å². The quantitative estimate of drug-likeness (QED) is 0.179. The number of aromatic nitrogens is 1. The minimum Gasteiger partial charge on any atom is -0.310 e. The Kier molecular flexibility index (Phi) is 6.43. The molecule has 0 amide bonds. The summed E-state index contributed by atoms with van der Waals surface area (Å²) in [4.78, 5) is 2.36. The summed E-state index contributed by atoms with van der Waals surface area (Å²) in [7, 11) is 0. The SMILES string of the molecule is CC1(C)c2cc(-c3ccc4c(c3)c3sc5ccccc5c3n4-c3ccccc3)ccc2-c2ccc(N(c3ccccc3)c3ccccc3)cc21. The first kappa shape index (κ1) is 29.1. The molecule has 238 valence electrons. The number of thiophene rings is 1. The highest BCUT2D eigenvalue weighted by Gasteiger charge is 2.36. The van der Waals surface area contributed by atoms with Gasteiger partial charge in [-0.2, -0.15) is 0 Å². The zero-order valence-corrected chi connectivity index (χ0v) is 28.8. The van der Waals surface area contributed by atoms with E-state index < -0.39 is 0 Å². The van der Waals surface area contributed by atoms with Crippen molar-refractivity contribution in [2.24, 2.45) is 0 Å². The molecule has 7 aromatic carbocycles. The first-order valence-electron chi connectivity index (χ1n) is 17.3. The van der Waals surface area contributed by atoms with Crippen LogP contribution in [0.3, 0.4) is 0 Å². The van der Waals surface area contributed by atoms with Crippen LogP contribution in [-0.2, 0) is 5.41 Å². The monoisotopic (exact) mass is 658 g/mol. The molecule has 0 saturated carbocycles. The van der Waals surface area contributed by atoms with Crippen molar-refractivity contribution in [2.75, 3.05) is 4.90 Å². The van der Waals surface area contributed by atoms with Crippen molar-refractivity contribution in [1.82, 2.24) is 4.57 Å². The Morgan fingerprint density at radius 1 is 0.500 bits per heavy atom. The molecule has 2 heterocycles. The third-order valence-electron chi connectivity index (χ3n) is 10.6. The highest BCUT2D eigenvalue weighted by molar-refractivity contribution is 7.26. The maximum atomic E-state index is 2.45. The van der Waals surface area contributed by atoms with Crippen LogP contribution in [0.1, 0.15) is 25.0 Å². The number of rotatable bonds is 5. The molecular formula is C47H34N2S. The molecule has 0 fully saturated rings. The number of nitrogens with zero attached hydrogens (tertiary/aromatic N) is 2. The third kappa shape index (κ3) is 4.33. The summed E-state index contributed by atoms with van der Waals surface area (Å²) in [5.74, 6) is 0. The van der Waals surface area contributed by atoms with Crippen LogP contribution in [0.4, 0.5) is 17.1 Å². The zero-order valence-electron chi connectivity index (χ0n) is 28.0. The van der Waals surface area contributed by atoms with Crippen LogP contribution in [0.5, 0.6) is 0 Å². The molecule has 0 N–H and O–H groups in total. The van der Waals surface area contributed by atoms with E-state index in [1.54, 1.807) is 0 Å². The maximum Gasteiger partial charge on any atom is 0.0727 e. The van der Waals surface area contributed by atoms with Crippen LogP contribution >= 0.6 is 11.3 Å². The van der Waals surface area contributed by atoms with Crippen LogP contribution in [-0.4, -0.2) is 4.57 Å². The lowest BCUT2D eigenvalue weighted by Gasteiger charge is -2.28. The molecule has 9 aromatic rings. The molecule has 0 saturated heterocycles. The molecule has 2 nitrogen and oxygen atoms in total. The van der Waals surface area contributed by atoms with E-state index >= 15 is 0 Å². The summed E-state index contributed by atoms with van der Waals surface area (Å²) in [6.45, 7) is 4.76. The highest BCUT2D eigenvalue weighted by Crippen LogP contribution is 2.52. The fraction of sp³-hybridized carbons (Fsp3) is 0.0638. The van der Waals surface area contributed by atoms with Gasteiger partial charge in [-0.3, -0.25) is 0 Å². The Morgan fingerprint density at radius 3 is 1.80 bits per heavy atom. The number of fused-ring (bicyclic) bond motifs is 8. The number of para-hydroxylation sites is 3. The fourth-order valence-electron chi connectivity index (χ4n) is 8.14. The van der Waals surface area contributed by atoms with Crippen molar-refractivity contribution in [3.05, 3.63) is 181 Å². The van der Waals surface area contributed by atoms with Crippen molar-refractivity contribution in [2.45, 2.75) is 19.3 Å². The van der Waals surface area contributed by atoms with E-state index in [1.165, 1.54) is 76.0 Å². The lowest BCUT2D eigenvalue weighted by atomic mass is 9.81. The Balaban J connectivity index is 1.10. The second-order valence-electron chi connectivity index (χ2n) is 13.8. The topological polar surface area (TPSA) is 8.17 Å². The molecule has 0 aliphatic heterocycles. The Bertz CT molecular complexity index is 2680. The Labute approximate surface area is 296 Å². The summed E-state index contributed by atoms with van der Waals surface area (Å²) >= 11 is 1.90. The predicted molar refractivity (Wildman–Crippen MR) is 214 cm³/mol. The van der Waals surface area contributed by atoms with Crippen molar-refractivity contribution in [3.8, 4) is 27.9 Å². The lowest BCUT2D eigenvalue weighted by molar-refractivity contribution is 0.660. The number of benzene rings is 7. The van der Waals surface area contributed by atoms with E-state index in [4.69, 9.17) is 0 Å². The molecular weight excluding hydrogens is 625 g/mol. The van der Waals surface area contributed by atoms with Gasteiger partial charge in [0.1, 0.15) is 0 Å². The van der Waals surface area contributed by atoms with Gasteiger partial charge in [0.2, 0.25) is 0 Å². The summed E-state index contributed by atoms with van der Waals surface area (Å²) in [5, 5.41) is 2.61. The Morgan fingerprint density at radius 2 is 1.08 bits per heavy atom. The normalized spacial score (nSPS) is 13.2. The van der Waals surface area contributed by atoms with E-state index in [0.29, 0.717) is 0 Å². The molecule has 1 aliphatic rings. The molecule has 0 spiro atoms. The second kappa shape index (κ2) is 11.1. The van der Waals surface area contributed by atoms with Crippen molar-refractivity contribution in [3.63, 3.8) is 0 Å². The van der Waals surface area contributed by atoms with E-state index in [1.807, 2.05) is 11.3 Å². The smallest absolute Gasteiger partial charge is 0.0727 e. The predicted octanol–water partition coefficient (Wildman–Crippen LogP) is 13.4. The van der Waals surface area contributed by atoms with Gasteiger partial charge in [0.15, 0.2) is 0 Å². The largest absolute Gasteiger partial charge is 0.310 e. The van der Waals surface area contributed by atoms with Crippen LogP contribution in [0, 0.1) is 0 Å². The second-order valence-corrected chi connectivity index (χ2v) is 14.9. The van der Waals surface area contributed by atoms with Gasteiger partial charge in [-0.15, -0.1) is 11.3 Å². The van der Waals surface area contributed by atoms with Gasteiger partial charge in [-0.25, -0.2) is 0 Å². The van der Waals surface area contributed by atoms with E-state index in [2.05, 4.69) is 193 Å². The first-order chi connectivity index (χ1) is 24.6. The Hall–Kier alpha value is -5.90. The van der Waals surface area contributed by atoms with Gasteiger partial charge >= 0.3 is 0 Å². The number of anilines is 3. The summed E-state index contributed by atoms with van der Waals surface area (Å²) in [6.07, 6.45) is 0. The van der Waals surface area contributed by atoms with E-state index in [9.17, 15) is 0 Å². The fourth-order valence-corrected chi connectivity index (χ4v) is 9.35. The van der Waals surface area contributed by atoms with Gasteiger partial charge in [0.25, 0.3) is 0 Å². The van der Waals surface area contributed by atoms with Gasteiger partial charge in [0, 0.05) is 43.6 Å². The van der Waals surface area contributed by atoms with Crippen molar-refractivity contribution < 1.29 is 0 Å². The summed E-state index contributed by atoms with van der Waals surface area (Å²) in [6, 6.07) is 62.1. The standard InChI is InChI=1S/C47H34N2S/c1-47(2)41-29-32(22-25-37(41)38-26-24-36(30-42(38)47)48(33-14-6-3-7-15-33)34-16-8-4-9-17-34)31-23-27-43-40(28-31)46-45(39-20-12-13-21-44(39)50-46)49(43)35-18-10-5-11-19-35/h3-30H,1-2H3. The molecule has 10 rings (SSSR count). The summed E-state index contributed by atoms with van der Waals surface area (Å²) in [5.41, 5.74) is 14.9. The molecule has 0 atom stereocenters. The van der Waals surface area contributed by atoms with Crippen LogP contribution in [0.25, 0.3) is 59.1 Å². The van der Waals surface area contributed by atoms with Crippen LogP contribution in [0.2, 0.25) is 0 Å². The average Bonchev–Trinajstić information content (AvgIpc) is 3.77. The minimum absolute atomic E-state index is 0.158. The highest BCUT2D eigenvalue weighted by atomic mass is 32.1. The average molecular weight is 659 g/mol. The van der Waals surface area contributed by atoms with Crippen LogP contribution in [0.15, 0.2) is 170 Å². The lowest BCUT2D eigenvalue weighted by Crippen LogP contribution is -2.16. The molecule has 50 heavy (non-hydrogen) atoms. The number of hydrogen-bond donors (Lipinski definition) is 0. The van der Waals surface area contributed by atoms with Crippen molar-refractivity contribution >= 4 is 59.6 Å². The van der Waals surface area contributed by atoms with Crippen molar-refractivity contribution in [1.29, 1.82) is 0 Å². The molecule has 3 heteroatoms. The van der Waals surface area contributed by atoms with Gasteiger partial charge < -0.3 is 9.47 Å². The maximum absolute atomic E-state index is 2.45. The number of hydrogen-bond acceptors (Lipinski definition) is 2. The van der Waals surface area contributed by atoms with Gasteiger partial charge in [-0.1, -0.05) is 111 Å². The summed E-state index contributed by atoms with van der Waals surface area (Å²) < 4.78 is 5.11. The third-order valence-corrected chi connectivity index (χ3v) is 11.8. The minimum atomic E-state index is -0.158. The molecule has 0 unspecified atom stereocenters. The first-order valence-corrected chi connectivity index (χ1v) is 18.1. The molecule has 0 radical (unpaired) electrons. The van der Waals surface area contributed by atoms with Gasteiger partial charge in [0.05, 0.1) is 15.7 Å². The van der Waals surface area contributed by atoms with E-state index in [-0.39, 0.29) is 5.41 Å². The van der Waals surface area contributed by atoms with Crippen LogP contribution < -0.4 is 4.90 Å². The molecule has 0 bridgehead atoms. The molecule has 1 aliphatic carbocycles.